The summed E-state index contributed by atoms with van der Waals surface area (Å²) in [5.74, 6) is 0.997. The maximum Gasteiger partial charge on any atom is 0.301 e. The van der Waals surface area contributed by atoms with Crippen LogP contribution < -0.4 is 19.8 Å². The van der Waals surface area contributed by atoms with E-state index in [2.05, 4.69) is 24.8 Å². The first-order valence-corrected chi connectivity index (χ1v) is 14.3. The maximum absolute atomic E-state index is 13.5. The van der Waals surface area contributed by atoms with Gasteiger partial charge in [-0.25, -0.2) is 4.98 Å². The molecule has 3 fully saturated rings. The summed E-state index contributed by atoms with van der Waals surface area (Å²) in [4.78, 5) is 22.5. The minimum Gasteiger partial charge on any atom is -0.375 e. The number of carbonyl (C=O) groups is 1. The molecule has 10 nitrogen and oxygen atoms in total. The van der Waals surface area contributed by atoms with Crippen LogP contribution in [-0.2, 0) is 14.9 Å². The van der Waals surface area contributed by atoms with E-state index in [1.54, 1.807) is 24.3 Å². The molecule has 200 valence electrons. The van der Waals surface area contributed by atoms with Gasteiger partial charge in [0.2, 0.25) is 0 Å². The van der Waals surface area contributed by atoms with Gasteiger partial charge >= 0.3 is 10.2 Å². The number of carbonyl (C=O) groups excluding carboxylic acids is 1. The summed E-state index contributed by atoms with van der Waals surface area (Å²) in [5, 5.41) is 2.96. The molecule has 0 unspecified atom stereocenters. The van der Waals surface area contributed by atoms with Crippen LogP contribution in [0.3, 0.4) is 0 Å². The van der Waals surface area contributed by atoms with Crippen LogP contribution in [0.25, 0.3) is 0 Å². The van der Waals surface area contributed by atoms with Gasteiger partial charge in [-0.2, -0.15) is 12.7 Å². The Hall–Kier alpha value is -2.89. The number of nitrogens with zero attached hydrogens (tertiary/aromatic N) is 4. The fourth-order valence-corrected chi connectivity index (χ4v) is 5.67. The Kier molecular flexibility index (Phi) is 7.03. The van der Waals surface area contributed by atoms with E-state index < -0.39 is 10.2 Å². The van der Waals surface area contributed by atoms with Crippen LogP contribution in [0.5, 0.6) is 0 Å². The Balaban J connectivity index is 1.39. The molecule has 1 aliphatic carbocycles. The lowest BCUT2D eigenvalue weighted by Gasteiger charge is -2.35. The van der Waals surface area contributed by atoms with Gasteiger partial charge in [-0.1, -0.05) is 6.07 Å². The van der Waals surface area contributed by atoms with Gasteiger partial charge in [-0.05, 0) is 68.4 Å². The Morgan fingerprint density at radius 3 is 2.51 bits per heavy atom. The van der Waals surface area contributed by atoms with Crippen molar-refractivity contribution in [1.29, 1.82) is 0 Å². The van der Waals surface area contributed by atoms with Crippen molar-refractivity contribution in [3.8, 4) is 0 Å². The number of hydrogen-bond acceptors (Lipinski definition) is 7. The molecule has 0 bridgehead atoms. The molecule has 1 atom stereocenters. The summed E-state index contributed by atoms with van der Waals surface area (Å²) in [6, 6.07) is 10.7. The summed E-state index contributed by atoms with van der Waals surface area (Å²) in [6.45, 7) is 5.85. The predicted molar refractivity (Wildman–Crippen MR) is 146 cm³/mol. The van der Waals surface area contributed by atoms with E-state index in [9.17, 15) is 13.2 Å². The maximum atomic E-state index is 13.5. The van der Waals surface area contributed by atoms with Crippen LogP contribution in [0.15, 0.2) is 36.4 Å². The third-order valence-corrected chi connectivity index (χ3v) is 9.09. The normalized spacial score (nSPS) is 21.2. The standard InChI is InChI=1S/C26H36N6O4S/c1-19-18-32(15-16-36-19)24-6-4-5-23(27-24)28-25(33)21-8-7-20(29-37(34,35)30(2)3)17-22(21)31-13-11-26(9-10-26)12-14-31/h4-8,17,19,29H,9-16,18H2,1-3H3,(H,27,28,33)/t19-/m1/s1. The summed E-state index contributed by atoms with van der Waals surface area (Å²) in [6.07, 6.45) is 4.85. The second kappa shape index (κ2) is 10.1. The van der Waals surface area contributed by atoms with Gasteiger partial charge in [0.15, 0.2) is 0 Å². The van der Waals surface area contributed by atoms with Gasteiger partial charge in [0.05, 0.1) is 29.6 Å². The molecule has 1 amide bonds. The monoisotopic (exact) mass is 528 g/mol. The molecule has 1 spiro atoms. The fourth-order valence-electron chi connectivity index (χ4n) is 5.07. The number of piperidine rings is 1. The lowest BCUT2D eigenvalue weighted by molar-refractivity contribution is 0.0529. The highest BCUT2D eigenvalue weighted by Gasteiger charge is 2.44. The van der Waals surface area contributed by atoms with Crippen LogP contribution >= 0.6 is 0 Å². The molecule has 2 N–H and O–H groups in total. The first-order valence-electron chi connectivity index (χ1n) is 12.9. The summed E-state index contributed by atoms with van der Waals surface area (Å²) in [5.41, 5.74) is 2.12. The van der Waals surface area contributed by atoms with Crippen molar-refractivity contribution in [2.45, 2.75) is 38.7 Å². The topological polar surface area (TPSA) is 107 Å². The van der Waals surface area contributed by atoms with Crippen molar-refractivity contribution >= 4 is 39.1 Å². The van der Waals surface area contributed by atoms with Crippen molar-refractivity contribution in [3.05, 3.63) is 42.0 Å². The van der Waals surface area contributed by atoms with Gasteiger partial charge in [-0.15, -0.1) is 0 Å². The van der Waals surface area contributed by atoms with Crippen LogP contribution in [0.2, 0.25) is 0 Å². The van der Waals surface area contributed by atoms with Crippen molar-refractivity contribution < 1.29 is 17.9 Å². The second-order valence-corrected chi connectivity index (χ2v) is 12.5. The zero-order chi connectivity index (χ0) is 26.2. The minimum atomic E-state index is -3.67. The van der Waals surface area contributed by atoms with E-state index >= 15 is 0 Å². The molecular weight excluding hydrogens is 492 g/mol. The molecule has 37 heavy (non-hydrogen) atoms. The van der Waals surface area contributed by atoms with Gasteiger partial charge in [0.1, 0.15) is 11.6 Å². The first kappa shape index (κ1) is 25.7. The summed E-state index contributed by atoms with van der Waals surface area (Å²) < 4.78 is 34.2. The SMILES string of the molecule is C[C@@H]1CN(c2cccc(NC(=O)c3ccc(NS(=O)(=O)N(C)C)cc3N3CCC4(CC3)CC4)n2)CCO1. The van der Waals surface area contributed by atoms with E-state index in [0.717, 1.165) is 54.8 Å². The Morgan fingerprint density at radius 2 is 1.84 bits per heavy atom. The molecule has 2 saturated heterocycles. The molecule has 3 heterocycles. The molecule has 11 heteroatoms. The van der Waals surface area contributed by atoms with Crippen molar-refractivity contribution in [1.82, 2.24) is 9.29 Å². The average molecular weight is 529 g/mol. The van der Waals surface area contributed by atoms with E-state index in [0.29, 0.717) is 29.1 Å². The fraction of sp³-hybridized carbons (Fsp3) is 0.538. The molecule has 2 aliphatic heterocycles. The molecule has 1 saturated carbocycles. The van der Waals surface area contributed by atoms with Gasteiger partial charge in [0.25, 0.3) is 5.91 Å². The van der Waals surface area contributed by atoms with Gasteiger partial charge in [-0.3, -0.25) is 9.52 Å². The van der Waals surface area contributed by atoms with E-state index in [4.69, 9.17) is 4.74 Å². The molecule has 1 aromatic carbocycles. The lowest BCUT2D eigenvalue weighted by Crippen LogP contribution is -2.41. The van der Waals surface area contributed by atoms with Gasteiger partial charge < -0.3 is 19.9 Å². The highest BCUT2D eigenvalue weighted by molar-refractivity contribution is 7.90. The molecule has 0 radical (unpaired) electrons. The van der Waals surface area contributed by atoms with Crippen LogP contribution in [0.4, 0.5) is 23.0 Å². The zero-order valence-electron chi connectivity index (χ0n) is 21.7. The average Bonchev–Trinajstić information content (AvgIpc) is 3.63. The Morgan fingerprint density at radius 1 is 1.08 bits per heavy atom. The number of morpholine rings is 1. The largest absolute Gasteiger partial charge is 0.375 e. The molecular formula is C26H36N6O4S. The summed E-state index contributed by atoms with van der Waals surface area (Å²) >= 11 is 0. The number of amides is 1. The third kappa shape index (κ3) is 5.83. The van der Waals surface area contributed by atoms with E-state index in [1.165, 1.54) is 26.9 Å². The number of ether oxygens (including phenoxy) is 1. The molecule has 2 aromatic rings. The molecule has 3 aliphatic rings. The zero-order valence-corrected chi connectivity index (χ0v) is 22.6. The van der Waals surface area contributed by atoms with Crippen LogP contribution in [0, 0.1) is 5.41 Å². The third-order valence-electron chi connectivity index (χ3n) is 7.63. The molecule has 1 aromatic heterocycles. The highest BCUT2D eigenvalue weighted by atomic mass is 32.2. The number of anilines is 4. The number of hydrogen-bond donors (Lipinski definition) is 2. The number of pyridine rings is 1. The first-order chi connectivity index (χ1) is 17.6. The number of rotatable bonds is 7. The summed E-state index contributed by atoms with van der Waals surface area (Å²) in [7, 11) is -0.716. The minimum absolute atomic E-state index is 0.124. The van der Waals surface area contributed by atoms with Crippen molar-refractivity contribution in [2.75, 3.05) is 66.7 Å². The van der Waals surface area contributed by atoms with Crippen LogP contribution in [0.1, 0.15) is 43.0 Å². The molecule has 5 rings (SSSR count). The van der Waals surface area contributed by atoms with E-state index in [1.807, 2.05) is 19.1 Å². The van der Waals surface area contributed by atoms with E-state index in [-0.39, 0.29) is 12.0 Å². The Labute approximate surface area is 219 Å². The lowest BCUT2D eigenvalue weighted by atomic mass is 9.93. The van der Waals surface area contributed by atoms with Crippen LogP contribution in [-0.4, -0.2) is 76.6 Å². The van der Waals surface area contributed by atoms with Crippen molar-refractivity contribution in [3.63, 3.8) is 0 Å². The number of benzene rings is 1. The Bertz CT molecular complexity index is 1250. The highest BCUT2D eigenvalue weighted by Crippen LogP contribution is 2.54. The number of nitrogens with one attached hydrogen (secondary N) is 2. The number of aromatic nitrogens is 1. The van der Waals surface area contributed by atoms with Crippen molar-refractivity contribution in [2.24, 2.45) is 5.41 Å². The smallest absolute Gasteiger partial charge is 0.301 e. The predicted octanol–water partition coefficient (Wildman–Crippen LogP) is 3.16. The quantitative estimate of drug-likeness (QED) is 0.569. The second-order valence-electron chi connectivity index (χ2n) is 10.6. The van der Waals surface area contributed by atoms with Gasteiger partial charge in [0, 0.05) is 40.3 Å².